The summed E-state index contributed by atoms with van der Waals surface area (Å²) in [4.78, 5) is 24.9. The van der Waals surface area contributed by atoms with Crippen LogP contribution < -0.4 is 14.7 Å². The van der Waals surface area contributed by atoms with Crippen LogP contribution in [-0.4, -0.2) is 60.2 Å². The highest BCUT2D eigenvalue weighted by molar-refractivity contribution is 5.45. The molecule has 0 spiro atoms. The van der Waals surface area contributed by atoms with Crippen molar-refractivity contribution in [2.24, 2.45) is 0 Å². The third-order valence-electron chi connectivity index (χ3n) is 4.33. The van der Waals surface area contributed by atoms with Crippen LogP contribution in [0.5, 0.6) is 0 Å². The smallest absolute Gasteiger partial charge is 0.230 e. The first kappa shape index (κ1) is 17.4. The lowest BCUT2D eigenvalue weighted by molar-refractivity contribution is 0.626. The first-order valence-corrected chi connectivity index (χ1v) is 8.80. The summed E-state index contributed by atoms with van der Waals surface area (Å²) in [5.41, 5.74) is 1.24. The van der Waals surface area contributed by atoms with Crippen LogP contribution in [0.4, 0.5) is 17.7 Å². The van der Waals surface area contributed by atoms with Gasteiger partial charge < -0.3 is 14.7 Å². The number of nitrogens with zero attached hydrogens (tertiary/aromatic N) is 7. The minimum Gasteiger partial charge on any atom is -0.353 e. The number of piperazine rings is 1. The molecule has 0 amide bonds. The Labute approximate surface area is 149 Å². The summed E-state index contributed by atoms with van der Waals surface area (Å²) in [6, 6.07) is 4.17. The van der Waals surface area contributed by atoms with Crippen LogP contribution in [0.25, 0.3) is 0 Å². The molecule has 0 unspecified atom stereocenters. The van der Waals surface area contributed by atoms with E-state index in [0.29, 0.717) is 0 Å². The maximum atomic E-state index is 4.69. The fraction of sp³-hybridized carbons (Fsp3) is 0.556. The summed E-state index contributed by atoms with van der Waals surface area (Å²) in [5.74, 6) is 3.66. The van der Waals surface area contributed by atoms with Crippen LogP contribution >= 0.6 is 0 Å². The van der Waals surface area contributed by atoms with Crippen molar-refractivity contribution in [3.8, 4) is 0 Å². The lowest BCUT2D eigenvalue weighted by Gasteiger charge is -2.35. The molecule has 0 aliphatic carbocycles. The number of aromatic nitrogens is 4. The Bertz CT molecular complexity index is 695. The fourth-order valence-corrected chi connectivity index (χ4v) is 2.80. The van der Waals surface area contributed by atoms with E-state index in [1.165, 1.54) is 5.56 Å². The number of aryl methyl sites for hydroxylation is 1. The van der Waals surface area contributed by atoms with Crippen molar-refractivity contribution in [1.29, 1.82) is 0 Å². The minimum atomic E-state index is 0.276. The second-order valence-corrected chi connectivity index (χ2v) is 7.01. The molecule has 1 aliphatic heterocycles. The van der Waals surface area contributed by atoms with Gasteiger partial charge in [0.2, 0.25) is 11.9 Å². The maximum Gasteiger partial charge on any atom is 0.230 e. The van der Waals surface area contributed by atoms with Crippen LogP contribution in [0.3, 0.4) is 0 Å². The van der Waals surface area contributed by atoms with Gasteiger partial charge in [0.1, 0.15) is 11.6 Å². The van der Waals surface area contributed by atoms with E-state index in [9.17, 15) is 0 Å². The summed E-state index contributed by atoms with van der Waals surface area (Å²) in [5, 5.41) is 0. The van der Waals surface area contributed by atoms with Crippen LogP contribution in [0.2, 0.25) is 0 Å². The molecule has 0 saturated carbocycles. The third kappa shape index (κ3) is 3.97. The van der Waals surface area contributed by atoms with Crippen molar-refractivity contribution in [3.63, 3.8) is 0 Å². The molecule has 1 saturated heterocycles. The molecule has 7 nitrogen and oxygen atoms in total. The first-order valence-electron chi connectivity index (χ1n) is 8.80. The van der Waals surface area contributed by atoms with E-state index in [1.54, 1.807) is 0 Å². The summed E-state index contributed by atoms with van der Waals surface area (Å²) in [7, 11) is 3.93. The molecule has 3 rings (SSSR count). The van der Waals surface area contributed by atoms with E-state index < -0.39 is 0 Å². The Morgan fingerprint density at radius 1 is 1.00 bits per heavy atom. The van der Waals surface area contributed by atoms with Gasteiger partial charge in [0.25, 0.3) is 0 Å². The molecule has 0 bridgehead atoms. The molecule has 1 fully saturated rings. The van der Waals surface area contributed by atoms with Gasteiger partial charge in [0, 0.05) is 52.4 Å². The number of hydrogen-bond donors (Lipinski definition) is 0. The van der Waals surface area contributed by atoms with Crippen molar-refractivity contribution in [2.45, 2.75) is 26.7 Å². The second-order valence-electron chi connectivity index (χ2n) is 7.01. The lowest BCUT2D eigenvalue weighted by Crippen LogP contribution is -2.47. The average molecular weight is 341 g/mol. The summed E-state index contributed by atoms with van der Waals surface area (Å²) >= 11 is 0. The molecule has 2 aromatic rings. The zero-order valence-corrected chi connectivity index (χ0v) is 15.8. The summed E-state index contributed by atoms with van der Waals surface area (Å²) in [6.07, 6.45) is 1.88. The van der Waals surface area contributed by atoms with Gasteiger partial charge in [-0.2, -0.15) is 15.0 Å². The van der Waals surface area contributed by atoms with Crippen molar-refractivity contribution in [2.75, 3.05) is 55.0 Å². The largest absolute Gasteiger partial charge is 0.353 e. The molecule has 1 aliphatic rings. The fourth-order valence-electron chi connectivity index (χ4n) is 2.80. The standard InChI is InChI=1S/C18H27N7/c1-13(2)16-20-17(23(4)5)22-18(21-16)25-10-8-24(9-11-25)15-12-14(3)6-7-19-15/h6-7,12-13H,8-11H2,1-5H3. The van der Waals surface area contributed by atoms with Crippen molar-refractivity contribution in [3.05, 3.63) is 29.7 Å². The summed E-state index contributed by atoms with van der Waals surface area (Å²) < 4.78 is 0. The van der Waals surface area contributed by atoms with Crippen molar-refractivity contribution < 1.29 is 0 Å². The molecule has 0 radical (unpaired) electrons. The molecule has 0 aromatic carbocycles. The van der Waals surface area contributed by atoms with Gasteiger partial charge in [-0.25, -0.2) is 4.98 Å². The Morgan fingerprint density at radius 3 is 2.28 bits per heavy atom. The molecule has 0 N–H and O–H groups in total. The van der Waals surface area contributed by atoms with Gasteiger partial charge in [-0.05, 0) is 24.6 Å². The van der Waals surface area contributed by atoms with Gasteiger partial charge in [0.15, 0.2) is 0 Å². The van der Waals surface area contributed by atoms with Crippen LogP contribution in [-0.2, 0) is 0 Å². The highest BCUT2D eigenvalue weighted by atomic mass is 15.4. The minimum absolute atomic E-state index is 0.276. The molecule has 3 heterocycles. The number of pyridine rings is 1. The van der Waals surface area contributed by atoms with E-state index >= 15 is 0 Å². The lowest BCUT2D eigenvalue weighted by atomic mass is 10.2. The molecular formula is C18H27N7. The van der Waals surface area contributed by atoms with E-state index in [0.717, 1.165) is 49.7 Å². The summed E-state index contributed by atoms with van der Waals surface area (Å²) in [6.45, 7) is 9.91. The molecule has 0 atom stereocenters. The molecule has 25 heavy (non-hydrogen) atoms. The van der Waals surface area contributed by atoms with E-state index in [4.69, 9.17) is 4.98 Å². The van der Waals surface area contributed by atoms with Crippen molar-refractivity contribution >= 4 is 17.7 Å². The maximum absolute atomic E-state index is 4.69. The second kappa shape index (κ2) is 7.21. The number of anilines is 3. The number of rotatable bonds is 4. The van der Waals surface area contributed by atoms with Gasteiger partial charge in [-0.3, -0.25) is 0 Å². The zero-order chi connectivity index (χ0) is 18.0. The quantitative estimate of drug-likeness (QED) is 0.844. The predicted molar refractivity (Wildman–Crippen MR) is 102 cm³/mol. The van der Waals surface area contributed by atoms with E-state index in [2.05, 4.69) is 51.6 Å². The average Bonchev–Trinajstić information content (AvgIpc) is 2.61. The highest BCUT2D eigenvalue weighted by Gasteiger charge is 2.22. The Kier molecular flexibility index (Phi) is 5.01. The van der Waals surface area contributed by atoms with E-state index in [1.807, 2.05) is 31.3 Å². The third-order valence-corrected chi connectivity index (χ3v) is 4.33. The molecular weight excluding hydrogens is 314 g/mol. The van der Waals surface area contributed by atoms with Gasteiger partial charge in [0.05, 0.1) is 0 Å². The molecule has 134 valence electrons. The molecule has 2 aromatic heterocycles. The monoisotopic (exact) mass is 341 g/mol. The van der Waals surface area contributed by atoms with Crippen LogP contribution in [0, 0.1) is 6.92 Å². The van der Waals surface area contributed by atoms with Gasteiger partial charge in [-0.15, -0.1) is 0 Å². The zero-order valence-electron chi connectivity index (χ0n) is 15.8. The SMILES string of the molecule is Cc1ccnc(N2CCN(c3nc(C(C)C)nc(N(C)C)n3)CC2)c1. The first-order chi connectivity index (χ1) is 11.9. The Morgan fingerprint density at radius 2 is 1.68 bits per heavy atom. The topological polar surface area (TPSA) is 61.3 Å². The normalized spacial score (nSPS) is 15.0. The highest BCUT2D eigenvalue weighted by Crippen LogP contribution is 2.20. The van der Waals surface area contributed by atoms with Crippen LogP contribution in [0.15, 0.2) is 18.3 Å². The van der Waals surface area contributed by atoms with Crippen molar-refractivity contribution in [1.82, 2.24) is 19.9 Å². The molecule has 7 heteroatoms. The Hall–Kier alpha value is -2.44. The van der Waals surface area contributed by atoms with Gasteiger partial charge >= 0.3 is 0 Å². The van der Waals surface area contributed by atoms with E-state index in [-0.39, 0.29) is 5.92 Å². The van der Waals surface area contributed by atoms with Gasteiger partial charge in [-0.1, -0.05) is 13.8 Å². The predicted octanol–water partition coefficient (Wildman–Crippen LogP) is 2.09. The van der Waals surface area contributed by atoms with Crippen LogP contribution in [0.1, 0.15) is 31.2 Å². The number of hydrogen-bond acceptors (Lipinski definition) is 7. The Balaban J connectivity index is 1.76.